The van der Waals surface area contributed by atoms with Crippen LogP contribution in [0.1, 0.15) is 6.42 Å². The van der Waals surface area contributed by atoms with Crippen molar-refractivity contribution in [2.75, 3.05) is 13.7 Å². The second-order valence-electron chi connectivity index (χ2n) is 4.15. The predicted molar refractivity (Wildman–Crippen MR) is 72.3 cm³/mol. The first kappa shape index (κ1) is 13.3. The second kappa shape index (κ2) is 6.15. The van der Waals surface area contributed by atoms with Crippen molar-refractivity contribution in [2.45, 2.75) is 12.5 Å². The number of hydrogen-bond donors (Lipinski definition) is 2. The third-order valence-corrected chi connectivity index (χ3v) is 2.91. The van der Waals surface area contributed by atoms with E-state index in [0.717, 1.165) is 10.9 Å². The number of carbonyl (C=O) groups is 1. The van der Waals surface area contributed by atoms with E-state index in [1.807, 2.05) is 30.3 Å². The first-order valence-electron chi connectivity index (χ1n) is 6.09. The molecule has 0 radical (unpaired) electrons. The molecule has 0 aliphatic heterocycles. The van der Waals surface area contributed by atoms with E-state index in [-0.39, 0.29) is 0 Å². The highest BCUT2D eigenvalue weighted by molar-refractivity contribution is 5.84. The van der Waals surface area contributed by atoms with Gasteiger partial charge in [0, 0.05) is 18.0 Å². The number of hydrogen-bond acceptors (Lipinski definition) is 4. The Morgan fingerprint density at radius 1 is 1.42 bits per heavy atom. The minimum atomic E-state index is -0.873. The van der Waals surface area contributed by atoms with Gasteiger partial charge in [0.05, 0.1) is 6.61 Å². The van der Waals surface area contributed by atoms with Crippen molar-refractivity contribution in [1.82, 2.24) is 10.3 Å². The van der Waals surface area contributed by atoms with E-state index in [1.54, 1.807) is 13.2 Å². The zero-order chi connectivity index (χ0) is 13.7. The van der Waals surface area contributed by atoms with E-state index in [1.165, 1.54) is 0 Å². The quantitative estimate of drug-likeness (QED) is 0.826. The highest BCUT2D eigenvalue weighted by Gasteiger charge is 2.14. The van der Waals surface area contributed by atoms with Crippen molar-refractivity contribution in [1.29, 1.82) is 0 Å². The van der Waals surface area contributed by atoms with Crippen LogP contribution in [-0.4, -0.2) is 35.8 Å². The number of ether oxygens (including phenoxy) is 1. The fourth-order valence-electron chi connectivity index (χ4n) is 1.87. The molecule has 2 rings (SSSR count). The molecule has 1 unspecified atom stereocenters. The summed E-state index contributed by atoms with van der Waals surface area (Å²) in [6, 6.07) is 8.93. The smallest absolute Gasteiger partial charge is 0.320 e. The fraction of sp³-hybridized carbons (Fsp3) is 0.286. The summed E-state index contributed by atoms with van der Waals surface area (Å²) in [5.41, 5.74) is 0.793. The molecule has 0 aliphatic carbocycles. The van der Waals surface area contributed by atoms with Crippen LogP contribution in [0.25, 0.3) is 10.9 Å². The van der Waals surface area contributed by atoms with Crippen molar-refractivity contribution in [3.8, 4) is 5.75 Å². The lowest BCUT2D eigenvalue weighted by Gasteiger charge is -2.12. The summed E-state index contributed by atoms with van der Waals surface area (Å²) in [5.74, 6) is -0.194. The van der Waals surface area contributed by atoms with Gasteiger partial charge in [0.1, 0.15) is 17.3 Å². The van der Waals surface area contributed by atoms with Gasteiger partial charge in [-0.15, -0.1) is 0 Å². The van der Waals surface area contributed by atoms with Gasteiger partial charge in [-0.3, -0.25) is 9.78 Å². The van der Waals surface area contributed by atoms with Crippen molar-refractivity contribution in [2.24, 2.45) is 0 Å². The van der Waals surface area contributed by atoms with E-state index in [9.17, 15) is 4.79 Å². The molecule has 0 amide bonds. The normalized spacial score (nSPS) is 12.3. The molecule has 19 heavy (non-hydrogen) atoms. The van der Waals surface area contributed by atoms with Crippen molar-refractivity contribution in [3.05, 3.63) is 36.5 Å². The first-order chi connectivity index (χ1) is 9.22. The Hall–Kier alpha value is -2.14. The zero-order valence-electron chi connectivity index (χ0n) is 10.7. The van der Waals surface area contributed by atoms with Gasteiger partial charge in [0.2, 0.25) is 0 Å². The maximum atomic E-state index is 10.9. The summed E-state index contributed by atoms with van der Waals surface area (Å²) in [4.78, 5) is 15.1. The number of pyridine rings is 1. The molecule has 1 atom stereocenters. The number of nitrogens with zero attached hydrogens (tertiary/aromatic N) is 1. The number of likely N-dealkylation sites (N-methyl/N-ethyl adjacent to an activating group) is 1. The summed E-state index contributed by atoms with van der Waals surface area (Å²) < 4.78 is 5.64. The summed E-state index contributed by atoms with van der Waals surface area (Å²) >= 11 is 0. The molecule has 0 fully saturated rings. The largest absolute Gasteiger partial charge is 0.491 e. The van der Waals surface area contributed by atoms with Crippen LogP contribution in [0.15, 0.2) is 36.5 Å². The lowest BCUT2D eigenvalue weighted by atomic mass is 10.2. The molecular weight excluding hydrogens is 244 g/mol. The molecule has 5 heteroatoms. The Bertz CT molecular complexity index is 566. The molecule has 5 nitrogen and oxygen atoms in total. The number of para-hydroxylation sites is 1. The van der Waals surface area contributed by atoms with Gasteiger partial charge in [0.15, 0.2) is 0 Å². The molecule has 0 saturated carbocycles. The lowest BCUT2D eigenvalue weighted by molar-refractivity contribution is -0.139. The van der Waals surface area contributed by atoms with E-state index in [4.69, 9.17) is 9.84 Å². The van der Waals surface area contributed by atoms with Crippen molar-refractivity contribution in [3.63, 3.8) is 0 Å². The van der Waals surface area contributed by atoms with Gasteiger partial charge in [0.25, 0.3) is 0 Å². The minimum Gasteiger partial charge on any atom is -0.491 e. The van der Waals surface area contributed by atoms with Crippen LogP contribution in [0.4, 0.5) is 0 Å². The van der Waals surface area contributed by atoms with Gasteiger partial charge in [-0.1, -0.05) is 18.2 Å². The van der Waals surface area contributed by atoms with E-state index >= 15 is 0 Å². The maximum absolute atomic E-state index is 10.9. The minimum absolute atomic E-state index is 0.327. The van der Waals surface area contributed by atoms with Gasteiger partial charge in [-0.2, -0.15) is 0 Å². The molecule has 100 valence electrons. The number of aliphatic carboxylic acids is 1. The zero-order valence-corrected chi connectivity index (χ0v) is 10.7. The molecule has 0 spiro atoms. The predicted octanol–water partition coefficient (Wildman–Crippen LogP) is 1.68. The molecular formula is C14H16N2O3. The Labute approximate surface area is 111 Å². The molecule has 2 N–H and O–H groups in total. The van der Waals surface area contributed by atoms with Crippen LogP contribution < -0.4 is 10.1 Å². The van der Waals surface area contributed by atoms with Crippen LogP contribution >= 0.6 is 0 Å². The highest BCUT2D eigenvalue weighted by atomic mass is 16.5. The van der Waals surface area contributed by atoms with Crippen molar-refractivity contribution >= 4 is 16.9 Å². The summed E-state index contributed by atoms with van der Waals surface area (Å²) in [6.45, 7) is 0.327. The van der Waals surface area contributed by atoms with Gasteiger partial charge in [-0.05, 0) is 19.2 Å². The molecule has 1 aromatic heterocycles. The van der Waals surface area contributed by atoms with Gasteiger partial charge < -0.3 is 15.2 Å². The number of carboxylic acids is 1. The highest BCUT2D eigenvalue weighted by Crippen LogP contribution is 2.22. The second-order valence-corrected chi connectivity index (χ2v) is 4.15. The van der Waals surface area contributed by atoms with Crippen LogP contribution in [0.5, 0.6) is 5.75 Å². The Morgan fingerprint density at radius 2 is 2.21 bits per heavy atom. The van der Waals surface area contributed by atoms with E-state index in [0.29, 0.717) is 18.8 Å². The van der Waals surface area contributed by atoms with Gasteiger partial charge in [-0.25, -0.2) is 0 Å². The third-order valence-electron chi connectivity index (χ3n) is 2.91. The maximum Gasteiger partial charge on any atom is 0.320 e. The average Bonchev–Trinajstić information content (AvgIpc) is 2.43. The Morgan fingerprint density at radius 3 is 2.95 bits per heavy atom. The molecule has 0 aliphatic rings. The number of fused-ring (bicyclic) bond motifs is 1. The van der Waals surface area contributed by atoms with Crippen molar-refractivity contribution < 1.29 is 14.6 Å². The fourth-order valence-corrected chi connectivity index (χ4v) is 1.87. The van der Waals surface area contributed by atoms with Gasteiger partial charge >= 0.3 is 5.97 Å². The molecule has 1 aromatic carbocycles. The Balaban J connectivity index is 2.04. The Kier molecular flexibility index (Phi) is 4.30. The monoisotopic (exact) mass is 260 g/mol. The summed E-state index contributed by atoms with van der Waals surface area (Å²) in [5, 5.41) is 12.6. The lowest BCUT2D eigenvalue weighted by Crippen LogP contribution is -2.35. The van der Waals surface area contributed by atoms with Crippen LogP contribution in [0.3, 0.4) is 0 Å². The number of rotatable bonds is 6. The number of benzene rings is 1. The molecule has 0 bridgehead atoms. The molecule has 2 aromatic rings. The molecule has 0 saturated heterocycles. The SMILES string of the molecule is CNC(CCOc1cccc2cccnc12)C(=O)O. The average molecular weight is 260 g/mol. The standard InChI is InChI=1S/C14H16N2O3/c1-15-11(14(17)18)7-9-19-12-6-2-4-10-5-3-8-16-13(10)12/h2-6,8,11,15H,7,9H2,1H3,(H,17,18). The van der Waals surface area contributed by atoms with E-state index < -0.39 is 12.0 Å². The number of aromatic nitrogens is 1. The topological polar surface area (TPSA) is 71.5 Å². The first-order valence-corrected chi connectivity index (χ1v) is 6.09. The van der Waals surface area contributed by atoms with E-state index in [2.05, 4.69) is 10.3 Å². The third kappa shape index (κ3) is 3.20. The molecule has 1 heterocycles. The van der Waals surface area contributed by atoms with Crippen LogP contribution in [0, 0.1) is 0 Å². The van der Waals surface area contributed by atoms with Crippen LogP contribution in [-0.2, 0) is 4.79 Å². The summed E-state index contributed by atoms with van der Waals surface area (Å²) in [6.07, 6.45) is 2.11. The number of nitrogens with one attached hydrogen (secondary N) is 1. The number of carboxylic acid groups (broad SMARTS) is 1. The van der Waals surface area contributed by atoms with Crippen LogP contribution in [0.2, 0.25) is 0 Å². The summed E-state index contributed by atoms with van der Waals surface area (Å²) in [7, 11) is 1.62.